The molecule has 5 nitrogen and oxygen atoms in total. The SMILES string of the molecule is NC(=O)C(O)CNC(=O)C1CCCc2ccccc21. The van der Waals surface area contributed by atoms with Crippen molar-refractivity contribution >= 4 is 11.8 Å². The van der Waals surface area contributed by atoms with Gasteiger partial charge in [0.25, 0.3) is 0 Å². The summed E-state index contributed by atoms with van der Waals surface area (Å²) in [4.78, 5) is 22.8. The Kier molecular flexibility index (Phi) is 4.16. The predicted molar refractivity (Wildman–Crippen MR) is 70.3 cm³/mol. The topological polar surface area (TPSA) is 92.4 Å². The smallest absolute Gasteiger partial charge is 0.248 e. The van der Waals surface area contributed by atoms with Crippen LogP contribution in [-0.2, 0) is 16.0 Å². The summed E-state index contributed by atoms with van der Waals surface area (Å²) >= 11 is 0. The maximum atomic E-state index is 12.1. The lowest BCUT2D eigenvalue weighted by Gasteiger charge is -2.24. The lowest BCUT2D eigenvalue weighted by atomic mass is 9.82. The van der Waals surface area contributed by atoms with Crippen molar-refractivity contribution in [1.82, 2.24) is 5.32 Å². The average Bonchev–Trinajstić information content (AvgIpc) is 2.43. The third-order valence-electron chi connectivity index (χ3n) is 3.48. The highest BCUT2D eigenvalue weighted by molar-refractivity contribution is 5.85. The fourth-order valence-electron chi connectivity index (χ4n) is 2.45. The lowest BCUT2D eigenvalue weighted by Crippen LogP contribution is -2.42. The molecular weight excluding hydrogens is 244 g/mol. The summed E-state index contributed by atoms with van der Waals surface area (Å²) in [6, 6.07) is 7.88. The number of rotatable bonds is 4. The first-order valence-electron chi connectivity index (χ1n) is 6.42. The van der Waals surface area contributed by atoms with Gasteiger partial charge in [0.05, 0.1) is 12.5 Å². The number of benzene rings is 1. The van der Waals surface area contributed by atoms with Crippen LogP contribution in [0.1, 0.15) is 29.9 Å². The molecule has 1 aliphatic carbocycles. The molecule has 0 fully saturated rings. The Morgan fingerprint density at radius 3 is 2.89 bits per heavy atom. The van der Waals surface area contributed by atoms with Crippen LogP contribution in [0.15, 0.2) is 24.3 Å². The minimum Gasteiger partial charge on any atom is -0.381 e. The number of carbonyl (C=O) groups is 2. The summed E-state index contributed by atoms with van der Waals surface area (Å²) in [6.45, 7) is -0.132. The highest BCUT2D eigenvalue weighted by atomic mass is 16.3. The van der Waals surface area contributed by atoms with Crippen molar-refractivity contribution in [1.29, 1.82) is 0 Å². The largest absolute Gasteiger partial charge is 0.381 e. The first-order chi connectivity index (χ1) is 9.09. The first-order valence-corrected chi connectivity index (χ1v) is 6.42. The molecule has 4 N–H and O–H groups in total. The number of primary amides is 1. The van der Waals surface area contributed by atoms with Crippen LogP contribution in [0.25, 0.3) is 0 Å². The van der Waals surface area contributed by atoms with Crippen LogP contribution < -0.4 is 11.1 Å². The number of nitrogens with one attached hydrogen (secondary N) is 1. The van der Waals surface area contributed by atoms with Gasteiger partial charge in [-0.2, -0.15) is 0 Å². The molecule has 102 valence electrons. The second kappa shape index (κ2) is 5.84. The van der Waals surface area contributed by atoms with Gasteiger partial charge in [-0.25, -0.2) is 0 Å². The van der Waals surface area contributed by atoms with Gasteiger partial charge in [0.15, 0.2) is 0 Å². The molecule has 0 radical (unpaired) electrons. The van der Waals surface area contributed by atoms with Crippen molar-refractivity contribution in [3.63, 3.8) is 0 Å². The third kappa shape index (κ3) is 3.12. The van der Waals surface area contributed by atoms with E-state index in [4.69, 9.17) is 5.73 Å². The fourth-order valence-corrected chi connectivity index (χ4v) is 2.45. The molecule has 1 aromatic rings. The van der Waals surface area contributed by atoms with E-state index >= 15 is 0 Å². The minimum absolute atomic E-state index is 0.132. The maximum absolute atomic E-state index is 12.1. The van der Waals surface area contributed by atoms with Crippen LogP contribution in [0.5, 0.6) is 0 Å². The standard InChI is InChI=1S/C14H18N2O3/c15-13(18)12(17)8-16-14(19)11-7-3-5-9-4-1-2-6-10(9)11/h1-2,4,6,11-12,17H,3,5,7-8H2,(H2,15,18)(H,16,19). The van der Waals surface area contributed by atoms with Crippen LogP contribution in [0.4, 0.5) is 0 Å². The van der Waals surface area contributed by atoms with E-state index in [1.165, 1.54) is 5.56 Å². The Morgan fingerprint density at radius 1 is 1.42 bits per heavy atom. The second-order valence-corrected chi connectivity index (χ2v) is 4.81. The van der Waals surface area contributed by atoms with Crippen LogP contribution in [0.3, 0.4) is 0 Å². The summed E-state index contributed by atoms with van der Waals surface area (Å²) in [7, 11) is 0. The summed E-state index contributed by atoms with van der Waals surface area (Å²) < 4.78 is 0. The number of aliphatic hydroxyl groups is 1. The molecule has 0 heterocycles. The van der Waals surface area contributed by atoms with E-state index in [9.17, 15) is 14.7 Å². The van der Waals surface area contributed by atoms with Crippen molar-refractivity contribution in [2.45, 2.75) is 31.3 Å². The summed E-state index contributed by atoms with van der Waals surface area (Å²) in [5.74, 6) is -1.19. The number of fused-ring (bicyclic) bond motifs is 1. The van der Waals surface area contributed by atoms with Crippen molar-refractivity contribution in [2.24, 2.45) is 5.73 Å². The predicted octanol–water partition coefficient (Wildman–Crippen LogP) is 0.0689. The van der Waals surface area contributed by atoms with Gasteiger partial charge < -0.3 is 16.2 Å². The Labute approximate surface area is 111 Å². The summed E-state index contributed by atoms with van der Waals surface area (Å²) in [5, 5.41) is 11.9. The number of hydrogen-bond acceptors (Lipinski definition) is 3. The van der Waals surface area contributed by atoms with Gasteiger partial charge in [-0.3, -0.25) is 9.59 Å². The second-order valence-electron chi connectivity index (χ2n) is 4.81. The van der Waals surface area contributed by atoms with Gasteiger partial charge in [-0.15, -0.1) is 0 Å². The fraction of sp³-hybridized carbons (Fsp3) is 0.429. The molecule has 0 aromatic heterocycles. The number of carbonyl (C=O) groups excluding carboxylic acids is 2. The Balaban J connectivity index is 2.03. The lowest BCUT2D eigenvalue weighted by molar-refractivity contribution is -0.127. The quantitative estimate of drug-likeness (QED) is 0.717. The highest BCUT2D eigenvalue weighted by Gasteiger charge is 2.26. The summed E-state index contributed by atoms with van der Waals surface area (Å²) in [5.41, 5.74) is 7.18. The van der Waals surface area contributed by atoms with Gasteiger partial charge in [0.2, 0.25) is 11.8 Å². The van der Waals surface area contributed by atoms with E-state index in [0.717, 1.165) is 24.8 Å². The van der Waals surface area contributed by atoms with E-state index in [-0.39, 0.29) is 18.4 Å². The Hall–Kier alpha value is -1.88. The van der Waals surface area contributed by atoms with Crippen LogP contribution in [0.2, 0.25) is 0 Å². The number of aryl methyl sites for hydroxylation is 1. The van der Waals surface area contributed by atoms with Gasteiger partial charge in [-0.1, -0.05) is 24.3 Å². The molecule has 2 amide bonds. The Morgan fingerprint density at radius 2 is 2.16 bits per heavy atom. The van der Waals surface area contributed by atoms with E-state index in [0.29, 0.717) is 0 Å². The average molecular weight is 262 g/mol. The zero-order chi connectivity index (χ0) is 13.8. The monoisotopic (exact) mass is 262 g/mol. The molecular formula is C14H18N2O3. The zero-order valence-corrected chi connectivity index (χ0v) is 10.6. The molecule has 19 heavy (non-hydrogen) atoms. The van der Waals surface area contributed by atoms with Crippen LogP contribution in [-0.4, -0.2) is 29.6 Å². The number of nitrogens with two attached hydrogens (primary N) is 1. The highest BCUT2D eigenvalue weighted by Crippen LogP contribution is 2.31. The number of amides is 2. The molecule has 5 heteroatoms. The van der Waals surface area contributed by atoms with Crippen molar-refractivity contribution in [3.05, 3.63) is 35.4 Å². The van der Waals surface area contributed by atoms with Gasteiger partial charge in [0.1, 0.15) is 6.10 Å². The molecule has 0 bridgehead atoms. The van der Waals surface area contributed by atoms with Crippen molar-refractivity contribution in [3.8, 4) is 0 Å². The number of hydrogen-bond donors (Lipinski definition) is 3. The molecule has 2 atom stereocenters. The van der Waals surface area contributed by atoms with E-state index in [2.05, 4.69) is 5.32 Å². The molecule has 2 unspecified atom stereocenters. The van der Waals surface area contributed by atoms with Crippen molar-refractivity contribution < 1.29 is 14.7 Å². The normalized spacial score (nSPS) is 19.3. The zero-order valence-electron chi connectivity index (χ0n) is 10.6. The Bertz CT molecular complexity index is 487. The van der Waals surface area contributed by atoms with Crippen LogP contribution in [0, 0.1) is 0 Å². The van der Waals surface area contributed by atoms with Crippen molar-refractivity contribution in [2.75, 3.05) is 6.54 Å². The van der Waals surface area contributed by atoms with E-state index < -0.39 is 12.0 Å². The molecule has 0 saturated carbocycles. The molecule has 1 aromatic carbocycles. The minimum atomic E-state index is -1.33. The molecule has 1 aliphatic rings. The molecule has 0 aliphatic heterocycles. The first kappa shape index (κ1) is 13.5. The third-order valence-corrected chi connectivity index (χ3v) is 3.48. The van der Waals surface area contributed by atoms with Gasteiger partial charge in [-0.05, 0) is 30.4 Å². The van der Waals surface area contributed by atoms with E-state index in [1.807, 2.05) is 24.3 Å². The molecule has 0 saturated heterocycles. The molecule has 2 rings (SSSR count). The van der Waals surface area contributed by atoms with Crippen LogP contribution >= 0.6 is 0 Å². The molecule has 0 spiro atoms. The van der Waals surface area contributed by atoms with E-state index in [1.54, 1.807) is 0 Å². The number of aliphatic hydroxyl groups excluding tert-OH is 1. The van der Waals surface area contributed by atoms with Gasteiger partial charge in [0, 0.05) is 0 Å². The maximum Gasteiger partial charge on any atom is 0.248 e. The summed E-state index contributed by atoms with van der Waals surface area (Å²) in [6.07, 6.45) is 1.41. The van der Waals surface area contributed by atoms with Gasteiger partial charge >= 0.3 is 0 Å².